The maximum Gasteiger partial charge on any atom is 0.222 e. The second-order valence-corrected chi connectivity index (χ2v) is 3.97. The Bertz CT molecular complexity index is 419. The average Bonchev–Trinajstić information content (AvgIpc) is 2.46. The number of pyridine rings is 1. The van der Waals surface area contributed by atoms with Crippen LogP contribution in [0.15, 0.2) is 28.3 Å². The Morgan fingerprint density at radius 1 is 1.44 bits per heavy atom. The van der Waals surface area contributed by atoms with Crippen LogP contribution in [0.4, 0.5) is 11.5 Å². The summed E-state index contributed by atoms with van der Waals surface area (Å²) in [4.78, 5) is 14.3. The van der Waals surface area contributed by atoms with Gasteiger partial charge in [0.1, 0.15) is 5.82 Å². The summed E-state index contributed by atoms with van der Waals surface area (Å²) in [7, 11) is 1.66. The van der Waals surface area contributed by atoms with Gasteiger partial charge in [0, 0.05) is 33.2 Å². The minimum atomic E-state index is 0.470. The lowest BCUT2D eigenvalue weighted by atomic mass is 10.3. The van der Waals surface area contributed by atoms with Crippen molar-refractivity contribution >= 4 is 24.2 Å². The highest BCUT2D eigenvalue weighted by atomic mass is 15.2. The van der Waals surface area contributed by atoms with E-state index in [9.17, 15) is 0 Å². The van der Waals surface area contributed by atoms with Gasteiger partial charge >= 0.3 is 0 Å². The number of anilines is 2. The number of aliphatic imine (C=N–C) groups is 2. The number of nitrogens with zero attached hydrogens (tertiary/aromatic N) is 4. The van der Waals surface area contributed by atoms with Gasteiger partial charge in [-0.1, -0.05) is 0 Å². The van der Waals surface area contributed by atoms with Gasteiger partial charge in [-0.05, 0) is 18.9 Å². The normalized spacial score (nSPS) is 16.5. The van der Waals surface area contributed by atoms with Crippen LogP contribution in [0.2, 0.25) is 0 Å². The molecule has 0 aromatic carbocycles. The zero-order chi connectivity index (χ0) is 12.8. The molecule has 1 fully saturated rings. The van der Waals surface area contributed by atoms with Crippen LogP contribution < -0.4 is 15.5 Å². The molecule has 2 heterocycles. The van der Waals surface area contributed by atoms with Crippen molar-refractivity contribution in [3.05, 3.63) is 18.3 Å². The molecule has 1 aliphatic heterocycles. The van der Waals surface area contributed by atoms with Crippen LogP contribution in [0.5, 0.6) is 0 Å². The SMILES string of the molecule is C=NC(=NC)Nc1ccc(N2CCNCC2)cn1. The Hall–Kier alpha value is -1.95. The lowest BCUT2D eigenvalue weighted by Crippen LogP contribution is -2.43. The van der Waals surface area contributed by atoms with E-state index in [1.165, 1.54) is 0 Å². The molecule has 0 unspecified atom stereocenters. The van der Waals surface area contributed by atoms with E-state index in [0.717, 1.165) is 37.7 Å². The van der Waals surface area contributed by atoms with E-state index in [1.807, 2.05) is 12.3 Å². The first-order valence-corrected chi connectivity index (χ1v) is 5.95. The van der Waals surface area contributed by atoms with Gasteiger partial charge in [0.25, 0.3) is 0 Å². The van der Waals surface area contributed by atoms with Crippen LogP contribution in [0.25, 0.3) is 0 Å². The number of rotatable bonds is 2. The molecule has 2 N–H and O–H groups in total. The molecule has 1 aromatic heterocycles. The molecule has 0 amide bonds. The number of hydrogen-bond donors (Lipinski definition) is 2. The molecular weight excluding hydrogens is 228 g/mol. The van der Waals surface area contributed by atoms with Crippen molar-refractivity contribution in [2.45, 2.75) is 0 Å². The number of nitrogens with one attached hydrogen (secondary N) is 2. The minimum absolute atomic E-state index is 0.470. The van der Waals surface area contributed by atoms with Crippen molar-refractivity contribution < 1.29 is 0 Å². The number of piperazine rings is 1. The van der Waals surface area contributed by atoms with E-state index < -0.39 is 0 Å². The highest BCUT2D eigenvalue weighted by Gasteiger charge is 2.10. The molecule has 0 radical (unpaired) electrons. The van der Waals surface area contributed by atoms with E-state index in [2.05, 4.69) is 43.3 Å². The van der Waals surface area contributed by atoms with E-state index in [-0.39, 0.29) is 0 Å². The van der Waals surface area contributed by atoms with Crippen LogP contribution in [-0.4, -0.2) is 50.9 Å². The van der Waals surface area contributed by atoms with Gasteiger partial charge in [-0.2, -0.15) is 0 Å². The molecular formula is C12H18N6. The third-order valence-corrected chi connectivity index (χ3v) is 2.83. The zero-order valence-electron chi connectivity index (χ0n) is 10.6. The molecule has 1 aliphatic rings. The molecule has 0 aliphatic carbocycles. The summed E-state index contributed by atoms with van der Waals surface area (Å²) in [5.74, 6) is 1.19. The Balaban J connectivity index is 2.02. The summed E-state index contributed by atoms with van der Waals surface area (Å²) in [5.41, 5.74) is 1.14. The lowest BCUT2D eigenvalue weighted by molar-refractivity contribution is 0.589. The minimum Gasteiger partial charge on any atom is -0.368 e. The highest BCUT2D eigenvalue weighted by Crippen LogP contribution is 2.15. The van der Waals surface area contributed by atoms with Gasteiger partial charge in [-0.25, -0.2) is 9.98 Å². The summed E-state index contributed by atoms with van der Waals surface area (Å²) in [5, 5.41) is 6.32. The highest BCUT2D eigenvalue weighted by molar-refractivity contribution is 5.95. The van der Waals surface area contributed by atoms with Crippen molar-refractivity contribution in [2.75, 3.05) is 43.4 Å². The Morgan fingerprint density at radius 3 is 2.78 bits per heavy atom. The monoisotopic (exact) mass is 246 g/mol. The van der Waals surface area contributed by atoms with Gasteiger partial charge in [-0.15, -0.1) is 0 Å². The molecule has 0 bridgehead atoms. The summed E-state index contributed by atoms with van der Waals surface area (Å²) in [6, 6.07) is 3.98. The second-order valence-electron chi connectivity index (χ2n) is 3.97. The van der Waals surface area contributed by atoms with Crippen LogP contribution in [0.1, 0.15) is 0 Å². The van der Waals surface area contributed by atoms with E-state index in [1.54, 1.807) is 7.05 Å². The summed E-state index contributed by atoms with van der Waals surface area (Å²) >= 11 is 0. The second kappa shape index (κ2) is 6.11. The molecule has 2 rings (SSSR count). The van der Waals surface area contributed by atoms with E-state index in [4.69, 9.17) is 0 Å². The predicted octanol–water partition coefficient (Wildman–Crippen LogP) is 0.589. The van der Waals surface area contributed by atoms with Crippen LogP contribution >= 0.6 is 0 Å². The van der Waals surface area contributed by atoms with Gasteiger partial charge in [-0.3, -0.25) is 4.99 Å². The van der Waals surface area contributed by atoms with Gasteiger partial charge in [0.15, 0.2) is 0 Å². The first-order valence-electron chi connectivity index (χ1n) is 5.95. The Morgan fingerprint density at radius 2 is 2.22 bits per heavy atom. The van der Waals surface area contributed by atoms with Crippen LogP contribution in [-0.2, 0) is 0 Å². The van der Waals surface area contributed by atoms with Crippen molar-refractivity contribution in [1.29, 1.82) is 0 Å². The van der Waals surface area contributed by atoms with Gasteiger partial charge < -0.3 is 15.5 Å². The average molecular weight is 246 g/mol. The van der Waals surface area contributed by atoms with E-state index >= 15 is 0 Å². The fourth-order valence-corrected chi connectivity index (χ4v) is 1.85. The fourth-order valence-electron chi connectivity index (χ4n) is 1.85. The number of guanidine groups is 1. The quantitative estimate of drug-likeness (QED) is 0.592. The first-order chi connectivity index (χ1) is 8.83. The largest absolute Gasteiger partial charge is 0.368 e. The summed E-state index contributed by atoms with van der Waals surface area (Å²) in [6.07, 6.45) is 1.87. The van der Waals surface area contributed by atoms with Gasteiger partial charge in [0.05, 0.1) is 11.9 Å². The molecule has 0 atom stereocenters. The maximum absolute atomic E-state index is 4.35. The lowest BCUT2D eigenvalue weighted by Gasteiger charge is -2.29. The molecule has 1 aromatic rings. The molecule has 0 spiro atoms. The van der Waals surface area contributed by atoms with Crippen molar-refractivity contribution in [3.63, 3.8) is 0 Å². The van der Waals surface area contributed by atoms with Crippen LogP contribution in [0.3, 0.4) is 0 Å². The molecule has 0 saturated carbocycles. The molecule has 1 saturated heterocycles. The first kappa shape index (κ1) is 12.5. The van der Waals surface area contributed by atoms with Crippen LogP contribution in [0, 0.1) is 0 Å². The molecule has 6 heteroatoms. The summed E-state index contributed by atoms with van der Waals surface area (Å²) in [6.45, 7) is 7.51. The van der Waals surface area contributed by atoms with E-state index in [0.29, 0.717) is 5.96 Å². The van der Waals surface area contributed by atoms with Gasteiger partial charge in [0.2, 0.25) is 5.96 Å². The third kappa shape index (κ3) is 3.04. The topological polar surface area (TPSA) is 64.9 Å². The predicted molar refractivity (Wildman–Crippen MR) is 75.9 cm³/mol. The fraction of sp³-hybridized carbons (Fsp3) is 0.417. The molecule has 6 nitrogen and oxygen atoms in total. The third-order valence-electron chi connectivity index (χ3n) is 2.83. The van der Waals surface area contributed by atoms with Crippen molar-refractivity contribution in [2.24, 2.45) is 9.98 Å². The number of hydrogen-bond acceptors (Lipinski definition) is 4. The van der Waals surface area contributed by atoms with Crippen molar-refractivity contribution in [1.82, 2.24) is 10.3 Å². The molecule has 96 valence electrons. The smallest absolute Gasteiger partial charge is 0.222 e. The zero-order valence-corrected chi connectivity index (χ0v) is 10.6. The molecule has 18 heavy (non-hydrogen) atoms. The number of aromatic nitrogens is 1. The Labute approximate surface area is 107 Å². The Kier molecular flexibility index (Phi) is 4.25. The maximum atomic E-state index is 4.35. The van der Waals surface area contributed by atoms with Crippen molar-refractivity contribution in [3.8, 4) is 0 Å². The standard InChI is InChI=1S/C12H18N6/c1-13-12(14-2)17-11-4-3-10(9-16-11)18-7-5-15-6-8-18/h3-4,9,15H,1,5-8H2,2H3,(H,14,16,17). The summed E-state index contributed by atoms with van der Waals surface area (Å²) < 4.78 is 0.